The van der Waals surface area contributed by atoms with Gasteiger partial charge >= 0.3 is 0 Å². The summed E-state index contributed by atoms with van der Waals surface area (Å²) in [6.07, 6.45) is 5.45. The first-order chi connectivity index (χ1) is 19.7. The van der Waals surface area contributed by atoms with Gasteiger partial charge in [0.25, 0.3) is 0 Å². The molecule has 8 nitrogen and oxygen atoms in total. The lowest BCUT2D eigenvalue weighted by Gasteiger charge is -2.44. The summed E-state index contributed by atoms with van der Waals surface area (Å²) in [4.78, 5) is 18.3. The van der Waals surface area contributed by atoms with Crippen molar-refractivity contribution in [2.75, 3.05) is 6.26 Å². The third kappa shape index (κ3) is 5.38. The first-order valence-corrected chi connectivity index (χ1v) is 15.9. The molecule has 0 bridgehead atoms. The van der Waals surface area contributed by atoms with Gasteiger partial charge in [0.1, 0.15) is 5.75 Å². The third-order valence-corrected chi connectivity index (χ3v) is 9.60. The van der Waals surface area contributed by atoms with Crippen molar-refractivity contribution < 1.29 is 17.9 Å². The summed E-state index contributed by atoms with van der Waals surface area (Å²) in [5.41, 5.74) is 5.97. The number of nitrogens with two attached hydrogens (primary N) is 1. The van der Waals surface area contributed by atoms with Crippen LogP contribution >= 0.6 is 0 Å². The molecule has 41 heavy (non-hydrogen) atoms. The average molecular weight is 571 g/mol. The number of ether oxygens (including phenoxy) is 1. The lowest BCUT2D eigenvalue weighted by Crippen LogP contribution is -2.50. The highest BCUT2D eigenvalue weighted by atomic mass is 32.2. The Bertz CT molecular complexity index is 1660. The van der Waals surface area contributed by atoms with E-state index in [9.17, 15) is 13.2 Å². The molecule has 4 aromatic rings. The number of amides is 1. The summed E-state index contributed by atoms with van der Waals surface area (Å²) in [6.45, 7) is 0.702. The molecule has 2 saturated carbocycles. The second-order valence-electron chi connectivity index (χ2n) is 11.4. The fraction of sp³-hybridized carbons (Fsp3) is 0.344. The van der Waals surface area contributed by atoms with E-state index in [-0.39, 0.29) is 10.8 Å². The van der Waals surface area contributed by atoms with Gasteiger partial charge in [-0.15, -0.1) is 0 Å². The van der Waals surface area contributed by atoms with Gasteiger partial charge in [-0.05, 0) is 74.3 Å². The van der Waals surface area contributed by atoms with Gasteiger partial charge in [-0.2, -0.15) is 5.10 Å². The Labute approximate surface area is 240 Å². The zero-order valence-corrected chi connectivity index (χ0v) is 23.9. The molecular weight excluding hydrogens is 536 g/mol. The van der Waals surface area contributed by atoms with Gasteiger partial charge in [-0.25, -0.2) is 18.1 Å². The summed E-state index contributed by atoms with van der Waals surface area (Å²) in [7, 11) is -3.40. The molecule has 3 aromatic carbocycles. The number of hydrogen-bond donors (Lipinski definition) is 1. The Hall–Kier alpha value is -3.98. The number of aromatic nitrogens is 3. The number of hydrogen-bond acceptors (Lipinski definition) is 6. The maximum atomic E-state index is 13.0. The van der Waals surface area contributed by atoms with Crippen LogP contribution in [-0.2, 0) is 32.2 Å². The summed E-state index contributed by atoms with van der Waals surface area (Å²) in [5.74, 6) is 2.03. The molecule has 0 radical (unpaired) electrons. The Morgan fingerprint density at radius 2 is 1.61 bits per heavy atom. The number of rotatable bonds is 9. The number of primary amides is 1. The first-order valence-electron chi connectivity index (χ1n) is 14.0. The summed E-state index contributed by atoms with van der Waals surface area (Å²) in [5, 5.41) is 4.91. The smallest absolute Gasteiger partial charge is 0.228 e. The molecule has 2 N–H and O–H groups in total. The quantitative estimate of drug-likeness (QED) is 0.302. The fourth-order valence-electron chi connectivity index (χ4n) is 5.94. The molecule has 0 saturated heterocycles. The van der Waals surface area contributed by atoms with E-state index in [0.29, 0.717) is 61.1 Å². The normalized spacial score (nSPS) is 22.8. The second-order valence-corrected chi connectivity index (χ2v) is 13.4. The van der Waals surface area contributed by atoms with E-state index in [4.69, 9.17) is 20.6 Å². The molecule has 1 heterocycles. The molecule has 1 aromatic heterocycles. The molecule has 1 amide bonds. The van der Waals surface area contributed by atoms with E-state index in [0.717, 1.165) is 18.4 Å². The van der Waals surface area contributed by atoms with Crippen molar-refractivity contribution in [1.82, 2.24) is 14.8 Å². The van der Waals surface area contributed by atoms with E-state index < -0.39 is 20.9 Å². The number of benzene rings is 3. The van der Waals surface area contributed by atoms with Gasteiger partial charge in [-0.1, -0.05) is 60.7 Å². The highest BCUT2D eigenvalue weighted by molar-refractivity contribution is 7.90. The Balaban J connectivity index is 1.45. The summed E-state index contributed by atoms with van der Waals surface area (Å²) < 4.78 is 33.3. The van der Waals surface area contributed by atoms with Crippen LogP contribution in [0, 0.1) is 5.92 Å². The third-order valence-electron chi connectivity index (χ3n) is 8.49. The molecule has 0 atom stereocenters. The van der Waals surface area contributed by atoms with E-state index in [1.165, 1.54) is 6.26 Å². The summed E-state index contributed by atoms with van der Waals surface area (Å²) >= 11 is 0. The highest BCUT2D eigenvalue weighted by Crippen LogP contribution is 2.49. The van der Waals surface area contributed by atoms with Crippen LogP contribution < -0.4 is 10.5 Å². The molecule has 212 valence electrons. The van der Waals surface area contributed by atoms with Crippen molar-refractivity contribution in [2.24, 2.45) is 11.7 Å². The van der Waals surface area contributed by atoms with Crippen molar-refractivity contribution in [1.29, 1.82) is 0 Å². The van der Waals surface area contributed by atoms with Gasteiger partial charge < -0.3 is 10.5 Å². The molecule has 2 aliphatic carbocycles. The monoisotopic (exact) mass is 570 g/mol. The van der Waals surface area contributed by atoms with Crippen LogP contribution in [0.15, 0.2) is 89.8 Å². The fourth-order valence-corrected chi connectivity index (χ4v) is 6.61. The van der Waals surface area contributed by atoms with Crippen LogP contribution in [0.3, 0.4) is 0 Å². The predicted molar refractivity (Wildman–Crippen MR) is 156 cm³/mol. The van der Waals surface area contributed by atoms with E-state index >= 15 is 0 Å². The van der Waals surface area contributed by atoms with Gasteiger partial charge in [0.2, 0.25) is 5.91 Å². The highest BCUT2D eigenvalue weighted by Gasteiger charge is 2.51. The molecule has 9 heteroatoms. The zero-order chi connectivity index (χ0) is 28.7. The number of para-hydroxylation sites is 1. The number of sulfone groups is 1. The molecule has 0 unspecified atom stereocenters. The summed E-state index contributed by atoms with van der Waals surface area (Å²) in [6, 6.07) is 26.1. The number of carbonyl (C=O) groups is 1. The number of carbonyl (C=O) groups excluding carboxylic acids is 1. The van der Waals surface area contributed by atoms with Gasteiger partial charge in [0.15, 0.2) is 27.1 Å². The molecule has 2 aliphatic rings. The maximum Gasteiger partial charge on any atom is 0.228 e. The van der Waals surface area contributed by atoms with Crippen LogP contribution in [0.1, 0.15) is 49.9 Å². The average Bonchev–Trinajstić information content (AvgIpc) is 3.69. The lowest BCUT2D eigenvalue weighted by molar-refractivity contribution is -0.127. The molecule has 6 rings (SSSR count). The minimum Gasteiger partial charge on any atom is -0.479 e. The largest absolute Gasteiger partial charge is 0.479 e. The Morgan fingerprint density at radius 3 is 2.22 bits per heavy atom. The standard InChI is InChI=1S/C32H34N4O4S/c1-41(38,39)27-14-8-9-24(21-27)28-34-30(36(35-28)22-23-15-16-23)32(40-26-12-6-3-7-13-26)19-17-31(18-20-32,29(33)37)25-10-4-2-5-11-25/h2-14,21,23H,15-20,22H2,1H3,(H2,33,37)/t31-,32-. The van der Waals surface area contributed by atoms with Gasteiger partial charge in [0.05, 0.1) is 10.3 Å². The SMILES string of the molecule is CS(=O)(=O)c1cccc(-c2nc([C@]3(Oc4ccccc4)CC[C@@](C(N)=O)(c4ccccc4)CC3)n(CC3CC3)n2)c1. The van der Waals surface area contributed by atoms with E-state index in [2.05, 4.69) is 0 Å². The van der Waals surface area contributed by atoms with E-state index in [1.54, 1.807) is 18.2 Å². The molecule has 0 aliphatic heterocycles. The minimum atomic E-state index is -3.40. The molecular formula is C32H34N4O4S. The van der Waals surface area contributed by atoms with Crippen LogP contribution in [0.4, 0.5) is 0 Å². The van der Waals surface area contributed by atoms with Crippen LogP contribution in [0.5, 0.6) is 5.75 Å². The van der Waals surface area contributed by atoms with Crippen LogP contribution in [0.25, 0.3) is 11.4 Å². The predicted octanol–water partition coefficient (Wildman–Crippen LogP) is 5.03. The van der Waals surface area contributed by atoms with Crippen molar-refractivity contribution in [3.05, 3.63) is 96.3 Å². The topological polar surface area (TPSA) is 117 Å². The Kier molecular flexibility index (Phi) is 6.93. The van der Waals surface area contributed by atoms with Crippen molar-refractivity contribution in [2.45, 2.75) is 61.0 Å². The van der Waals surface area contributed by atoms with Crippen LogP contribution in [0.2, 0.25) is 0 Å². The van der Waals surface area contributed by atoms with E-state index in [1.807, 2.05) is 71.4 Å². The maximum absolute atomic E-state index is 13.0. The Morgan fingerprint density at radius 1 is 0.951 bits per heavy atom. The second kappa shape index (κ2) is 10.4. The molecule has 2 fully saturated rings. The molecule has 0 spiro atoms. The number of nitrogens with zero attached hydrogens (tertiary/aromatic N) is 3. The minimum absolute atomic E-state index is 0.220. The van der Waals surface area contributed by atoms with Crippen molar-refractivity contribution in [3.8, 4) is 17.1 Å². The zero-order valence-electron chi connectivity index (χ0n) is 23.1. The van der Waals surface area contributed by atoms with Crippen molar-refractivity contribution in [3.63, 3.8) is 0 Å². The van der Waals surface area contributed by atoms with Gasteiger partial charge in [-0.3, -0.25) is 4.79 Å². The lowest BCUT2D eigenvalue weighted by atomic mass is 9.64. The first kappa shape index (κ1) is 27.2. The van der Waals surface area contributed by atoms with Crippen LogP contribution in [-0.4, -0.2) is 35.3 Å². The van der Waals surface area contributed by atoms with Crippen molar-refractivity contribution >= 4 is 15.7 Å². The van der Waals surface area contributed by atoms with Gasteiger partial charge in [0, 0.05) is 18.4 Å².